The van der Waals surface area contributed by atoms with E-state index in [1.54, 1.807) is 12.1 Å². The summed E-state index contributed by atoms with van der Waals surface area (Å²) in [7, 11) is 0. The summed E-state index contributed by atoms with van der Waals surface area (Å²) in [5.41, 5.74) is 0.718. The second-order valence-corrected chi connectivity index (χ2v) is 7.64. The van der Waals surface area contributed by atoms with Crippen molar-refractivity contribution in [3.05, 3.63) is 47.3 Å². The molecule has 0 atom stereocenters. The van der Waals surface area contributed by atoms with Crippen LogP contribution in [0, 0.1) is 5.92 Å². The van der Waals surface area contributed by atoms with Crippen molar-refractivity contribution >= 4 is 34.0 Å². The molecule has 0 spiro atoms. The summed E-state index contributed by atoms with van der Waals surface area (Å²) in [6.45, 7) is 8.93. The SMILES string of the molecule is CC(C)CN(C(=O)c1ccc(NC(=O)Nc2ccccc2)s1)C(C)C. The number of hydrogen-bond donors (Lipinski definition) is 2. The number of urea groups is 1. The van der Waals surface area contributed by atoms with Crippen molar-refractivity contribution in [1.82, 2.24) is 4.90 Å². The molecule has 2 rings (SSSR count). The first-order valence-electron chi connectivity index (χ1n) is 8.40. The predicted molar refractivity (Wildman–Crippen MR) is 104 cm³/mol. The van der Waals surface area contributed by atoms with Gasteiger partial charge < -0.3 is 10.2 Å². The molecule has 2 aromatic rings. The summed E-state index contributed by atoms with van der Waals surface area (Å²) in [4.78, 5) is 27.3. The van der Waals surface area contributed by atoms with Crippen molar-refractivity contribution in [2.45, 2.75) is 33.7 Å². The molecule has 25 heavy (non-hydrogen) atoms. The molecular formula is C19H25N3O2S. The van der Waals surface area contributed by atoms with Gasteiger partial charge in [0.25, 0.3) is 5.91 Å². The Morgan fingerprint density at radius 3 is 2.28 bits per heavy atom. The molecule has 0 aliphatic rings. The molecule has 6 heteroatoms. The predicted octanol–water partition coefficient (Wildman–Crippen LogP) is 4.90. The third kappa shape index (κ3) is 5.60. The van der Waals surface area contributed by atoms with Crippen LogP contribution in [0.5, 0.6) is 0 Å². The maximum absolute atomic E-state index is 12.7. The van der Waals surface area contributed by atoms with Crippen LogP contribution in [0.4, 0.5) is 15.5 Å². The Hall–Kier alpha value is -2.34. The van der Waals surface area contributed by atoms with Crippen LogP contribution >= 0.6 is 11.3 Å². The molecule has 0 aliphatic carbocycles. The number of nitrogens with one attached hydrogen (secondary N) is 2. The van der Waals surface area contributed by atoms with Crippen molar-refractivity contribution in [1.29, 1.82) is 0 Å². The van der Waals surface area contributed by atoms with Gasteiger partial charge in [0.15, 0.2) is 0 Å². The van der Waals surface area contributed by atoms with E-state index >= 15 is 0 Å². The Balaban J connectivity index is 2.01. The van der Waals surface area contributed by atoms with Crippen molar-refractivity contribution < 1.29 is 9.59 Å². The Kier molecular flexibility index (Phi) is 6.58. The number of carbonyl (C=O) groups excluding carboxylic acids is 2. The number of benzene rings is 1. The van der Waals surface area contributed by atoms with Crippen LogP contribution in [0.2, 0.25) is 0 Å². The molecule has 1 aromatic carbocycles. The third-order valence-electron chi connectivity index (χ3n) is 3.53. The lowest BCUT2D eigenvalue weighted by molar-refractivity contribution is 0.0687. The fraction of sp³-hybridized carbons (Fsp3) is 0.368. The van der Waals surface area contributed by atoms with Crippen LogP contribution in [-0.4, -0.2) is 29.4 Å². The second-order valence-electron chi connectivity index (χ2n) is 6.55. The van der Waals surface area contributed by atoms with Crippen LogP contribution in [0.3, 0.4) is 0 Å². The van der Waals surface area contributed by atoms with Gasteiger partial charge >= 0.3 is 6.03 Å². The largest absolute Gasteiger partial charge is 0.335 e. The quantitative estimate of drug-likeness (QED) is 0.771. The van der Waals surface area contributed by atoms with Crippen molar-refractivity contribution in [2.24, 2.45) is 5.92 Å². The molecule has 0 fully saturated rings. The highest BCUT2D eigenvalue weighted by Crippen LogP contribution is 2.24. The van der Waals surface area contributed by atoms with Crippen molar-refractivity contribution in [2.75, 3.05) is 17.2 Å². The fourth-order valence-electron chi connectivity index (χ4n) is 2.38. The molecule has 0 saturated carbocycles. The molecule has 0 aliphatic heterocycles. The number of rotatable bonds is 6. The molecule has 5 nitrogen and oxygen atoms in total. The van der Waals surface area contributed by atoms with Gasteiger partial charge in [-0.25, -0.2) is 4.79 Å². The van der Waals surface area contributed by atoms with E-state index in [-0.39, 0.29) is 18.0 Å². The Morgan fingerprint density at radius 1 is 1.00 bits per heavy atom. The summed E-state index contributed by atoms with van der Waals surface area (Å²) in [6, 6.07) is 12.6. The van der Waals surface area contributed by atoms with Gasteiger partial charge in [-0.05, 0) is 44.0 Å². The average Bonchev–Trinajstić information content (AvgIpc) is 3.00. The minimum atomic E-state index is -0.324. The van der Waals surface area contributed by atoms with Gasteiger partial charge in [-0.1, -0.05) is 32.0 Å². The number of nitrogens with zero attached hydrogens (tertiary/aromatic N) is 1. The molecular weight excluding hydrogens is 334 g/mol. The summed E-state index contributed by atoms with van der Waals surface area (Å²) in [6.07, 6.45) is 0. The smallest absolute Gasteiger partial charge is 0.324 e. The Morgan fingerprint density at radius 2 is 1.68 bits per heavy atom. The zero-order chi connectivity index (χ0) is 18.4. The second kappa shape index (κ2) is 8.67. The molecule has 1 aromatic heterocycles. The maximum Gasteiger partial charge on any atom is 0.324 e. The van der Waals surface area contributed by atoms with Crippen LogP contribution in [0.1, 0.15) is 37.4 Å². The van der Waals surface area contributed by atoms with E-state index < -0.39 is 0 Å². The molecule has 0 bridgehead atoms. The van der Waals surface area contributed by atoms with E-state index in [9.17, 15) is 9.59 Å². The maximum atomic E-state index is 12.7. The number of hydrogen-bond acceptors (Lipinski definition) is 3. The van der Waals surface area contributed by atoms with Gasteiger partial charge in [-0.3, -0.25) is 10.1 Å². The van der Waals surface area contributed by atoms with Gasteiger partial charge in [0.1, 0.15) is 0 Å². The summed E-state index contributed by atoms with van der Waals surface area (Å²) < 4.78 is 0. The van der Waals surface area contributed by atoms with E-state index in [1.807, 2.05) is 49.1 Å². The van der Waals surface area contributed by atoms with Crippen molar-refractivity contribution in [3.63, 3.8) is 0 Å². The lowest BCUT2D eigenvalue weighted by Crippen LogP contribution is -2.39. The van der Waals surface area contributed by atoms with Crippen LogP contribution in [0.25, 0.3) is 0 Å². The highest BCUT2D eigenvalue weighted by Gasteiger charge is 2.21. The van der Waals surface area contributed by atoms with E-state index in [1.165, 1.54) is 11.3 Å². The van der Waals surface area contributed by atoms with Crippen molar-refractivity contribution in [3.8, 4) is 0 Å². The summed E-state index contributed by atoms with van der Waals surface area (Å²) in [5.74, 6) is 0.408. The van der Waals surface area contributed by atoms with E-state index in [0.29, 0.717) is 22.3 Å². The molecule has 1 heterocycles. The lowest BCUT2D eigenvalue weighted by Gasteiger charge is -2.28. The number of thiophene rings is 1. The highest BCUT2D eigenvalue weighted by molar-refractivity contribution is 7.18. The van der Waals surface area contributed by atoms with Crippen LogP contribution in [-0.2, 0) is 0 Å². The average molecular weight is 359 g/mol. The molecule has 0 radical (unpaired) electrons. The topological polar surface area (TPSA) is 61.4 Å². The van der Waals surface area contributed by atoms with E-state index in [2.05, 4.69) is 24.5 Å². The number of para-hydroxylation sites is 1. The van der Waals surface area contributed by atoms with E-state index in [4.69, 9.17) is 0 Å². The standard InChI is InChI=1S/C19H25N3O2S/c1-13(2)12-22(14(3)4)18(23)16-10-11-17(25-16)21-19(24)20-15-8-6-5-7-9-15/h5-11,13-14H,12H2,1-4H3,(H2,20,21,24). The summed E-state index contributed by atoms with van der Waals surface area (Å²) in [5, 5.41) is 6.17. The lowest BCUT2D eigenvalue weighted by atomic mass is 10.1. The molecule has 0 saturated heterocycles. The van der Waals surface area contributed by atoms with Gasteiger partial charge in [0, 0.05) is 18.3 Å². The minimum absolute atomic E-state index is 0.00483. The zero-order valence-corrected chi connectivity index (χ0v) is 15.9. The van der Waals surface area contributed by atoms with Crippen LogP contribution in [0.15, 0.2) is 42.5 Å². The van der Waals surface area contributed by atoms with E-state index in [0.717, 1.165) is 5.69 Å². The molecule has 134 valence electrons. The first-order valence-corrected chi connectivity index (χ1v) is 9.22. The fourth-order valence-corrected chi connectivity index (χ4v) is 3.24. The number of carbonyl (C=O) groups is 2. The summed E-state index contributed by atoms with van der Waals surface area (Å²) >= 11 is 1.29. The molecule has 3 amide bonds. The third-order valence-corrected chi connectivity index (χ3v) is 4.52. The Bertz CT molecular complexity index is 710. The van der Waals surface area contributed by atoms with Gasteiger partial charge in [-0.15, -0.1) is 11.3 Å². The normalized spacial score (nSPS) is 10.8. The van der Waals surface area contributed by atoms with Crippen LogP contribution < -0.4 is 10.6 Å². The molecule has 0 unspecified atom stereocenters. The first kappa shape index (κ1) is 19.0. The Labute approximate surface area is 153 Å². The van der Waals surface area contributed by atoms with Gasteiger partial charge in [0.2, 0.25) is 0 Å². The number of anilines is 2. The number of amides is 3. The molecule has 2 N–H and O–H groups in total. The minimum Gasteiger partial charge on any atom is -0.335 e. The highest BCUT2D eigenvalue weighted by atomic mass is 32.1. The monoisotopic (exact) mass is 359 g/mol. The van der Waals surface area contributed by atoms with Gasteiger partial charge in [-0.2, -0.15) is 0 Å². The van der Waals surface area contributed by atoms with Gasteiger partial charge in [0.05, 0.1) is 9.88 Å². The zero-order valence-electron chi connectivity index (χ0n) is 15.1. The first-order chi connectivity index (χ1) is 11.9.